The van der Waals surface area contributed by atoms with E-state index in [1.54, 1.807) is 12.1 Å². The van der Waals surface area contributed by atoms with E-state index in [0.29, 0.717) is 0 Å². The van der Waals surface area contributed by atoms with E-state index in [1.807, 2.05) is 18.2 Å². The monoisotopic (exact) mass is 265 g/mol. The highest BCUT2D eigenvalue weighted by atomic mass is 16.6. The van der Waals surface area contributed by atoms with Crippen molar-refractivity contribution in [1.29, 1.82) is 0 Å². The first kappa shape index (κ1) is 14.7. The second-order valence-electron chi connectivity index (χ2n) is 3.77. The number of methoxy groups -OCH3 is 1. The summed E-state index contributed by atoms with van der Waals surface area (Å²) in [7, 11) is 1.13. The largest absolute Gasteiger partial charge is 0.467 e. The summed E-state index contributed by atoms with van der Waals surface area (Å²) in [5.74, 6) is -1.35. The first-order valence-corrected chi connectivity index (χ1v) is 5.60. The minimum atomic E-state index is -1.34. The standard InChI is InChI=1S/C13H15NO5/c1-9(15)11(12(16)18-2)14-13(17)19-8-10-6-4-3-5-7-10/h3-7,11H,8H2,1-2H3,(H,14,17)/t11-/m0/s1. The van der Waals surface area contributed by atoms with Crippen molar-refractivity contribution in [3.05, 3.63) is 35.9 Å². The van der Waals surface area contributed by atoms with Crippen LogP contribution in [0.25, 0.3) is 0 Å². The van der Waals surface area contributed by atoms with E-state index in [-0.39, 0.29) is 6.61 Å². The zero-order valence-electron chi connectivity index (χ0n) is 10.7. The van der Waals surface area contributed by atoms with E-state index in [9.17, 15) is 14.4 Å². The molecule has 0 heterocycles. The number of amides is 1. The Hall–Kier alpha value is -2.37. The number of rotatable bonds is 5. The number of hydrogen-bond donors (Lipinski definition) is 1. The maximum Gasteiger partial charge on any atom is 0.408 e. The van der Waals surface area contributed by atoms with Crippen LogP contribution in [-0.2, 0) is 25.7 Å². The van der Waals surface area contributed by atoms with Gasteiger partial charge in [0.1, 0.15) is 6.61 Å². The van der Waals surface area contributed by atoms with E-state index >= 15 is 0 Å². The van der Waals surface area contributed by atoms with Crippen molar-refractivity contribution < 1.29 is 23.9 Å². The van der Waals surface area contributed by atoms with Crippen LogP contribution in [0.5, 0.6) is 0 Å². The van der Waals surface area contributed by atoms with Crippen LogP contribution in [0.2, 0.25) is 0 Å². The molecule has 0 radical (unpaired) electrons. The van der Waals surface area contributed by atoms with Crippen molar-refractivity contribution in [3.8, 4) is 0 Å². The maximum absolute atomic E-state index is 11.5. The predicted octanol–water partition coefficient (Wildman–Crippen LogP) is 1.04. The lowest BCUT2D eigenvalue weighted by Gasteiger charge is -2.13. The predicted molar refractivity (Wildman–Crippen MR) is 66.2 cm³/mol. The molecule has 0 saturated carbocycles. The number of ether oxygens (including phenoxy) is 2. The van der Waals surface area contributed by atoms with Crippen molar-refractivity contribution in [2.24, 2.45) is 0 Å². The van der Waals surface area contributed by atoms with Gasteiger partial charge in [0.2, 0.25) is 0 Å². The van der Waals surface area contributed by atoms with Crippen molar-refractivity contribution in [2.75, 3.05) is 7.11 Å². The Morgan fingerprint density at radius 1 is 1.21 bits per heavy atom. The molecule has 6 heteroatoms. The van der Waals surface area contributed by atoms with Crippen molar-refractivity contribution >= 4 is 17.8 Å². The summed E-state index contributed by atoms with van der Waals surface area (Å²) in [5.41, 5.74) is 0.801. The normalized spacial score (nSPS) is 11.3. The second-order valence-corrected chi connectivity index (χ2v) is 3.77. The highest BCUT2D eigenvalue weighted by molar-refractivity contribution is 6.04. The molecule has 0 saturated heterocycles. The molecule has 1 rings (SSSR count). The van der Waals surface area contributed by atoms with E-state index < -0.39 is 23.9 Å². The molecule has 1 amide bonds. The van der Waals surface area contributed by atoms with Gasteiger partial charge in [0, 0.05) is 0 Å². The molecule has 0 aliphatic carbocycles. The van der Waals surface area contributed by atoms with Gasteiger partial charge in [0.15, 0.2) is 11.8 Å². The van der Waals surface area contributed by atoms with Gasteiger partial charge >= 0.3 is 12.1 Å². The van der Waals surface area contributed by atoms with E-state index in [1.165, 1.54) is 6.92 Å². The molecule has 6 nitrogen and oxygen atoms in total. The molecule has 0 aliphatic heterocycles. The van der Waals surface area contributed by atoms with Crippen LogP contribution >= 0.6 is 0 Å². The van der Waals surface area contributed by atoms with Crippen molar-refractivity contribution in [2.45, 2.75) is 19.6 Å². The number of benzene rings is 1. The molecule has 1 N–H and O–H groups in total. The molecule has 0 unspecified atom stereocenters. The molecule has 0 bridgehead atoms. The number of ketones is 1. The Morgan fingerprint density at radius 3 is 2.37 bits per heavy atom. The van der Waals surface area contributed by atoms with E-state index in [0.717, 1.165) is 12.7 Å². The van der Waals surface area contributed by atoms with Crippen LogP contribution in [0, 0.1) is 0 Å². The summed E-state index contributed by atoms with van der Waals surface area (Å²) in [4.78, 5) is 33.9. The summed E-state index contributed by atoms with van der Waals surface area (Å²) in [6, 6.07) is 7.69. The number of carbonyl (C=O) groups is 3. The van der Waals surface area contributed by atoms with Crippen LogP contribution in [0.15, 0.2) is 30.3 Å². The van der Waals surface area contributed by atoms with E-state index in [4.69, 9.17) is 4.74 Å². The molecule has 0 spiro atoms. The number of hydrogen-bond acceptors (Lipinski definition) is 5. The lowest BCUT2D eigenvalue weighted by atomic mass is 10.2. The highest BCUT2D eigenvalue weighted by Crippen LogP contribution is 2.01. The third-order valence-electron chi connectivity index (χ3n) is 2.32. The fourth-order valence-corrected chi connectivity index (χ4v) is 1.33. The molecule has 102 valence electrons. The topological polar surface area (TPSA) is 81.7 Å². The third-order valence-corrected chi connectivity index (χ3v) is 2.32. The second kappa shape index (κ2) is 7.15. The van der Waals surface area contributed by atoms with Crippen LogP contribution < -0.4 is 5.32 Å². The lowest BCUT2D eigenvalue weighted by Crippen LogP contribution is -2.46. The third kappa shape index (κ3) is 4.79. The lowest BCUT2D eigenvalue weighted by molar-refractivity contribution is -0.145. The molecule has 1 atom stereocenters. The fourth-order valence-electron chi connectivity index (χ4n) is 1.33. The van der Waals surface area contributed by atoms with Gasteiger partial charge in [-0.15, -0.1) is 0 Å². The number of Topliss-reactive ketones (excluding diaryl/α,β-unsaturated/α-hetero) is 1. The smallest absolute Gasteiger partial charge is 0.408 e. The highest BCUT2D eigenvalue weighted by Gasteiger charge is 2.26. The van der Waals surface area contributed by atoms with Gasteiger partial charge in [-0.3, -0.25) is 4.79 Å². The molecule has 0 aliphatic rings. The average molecular weight is 265 g/mol. The minimum absolute atomic E-state index is 0.0540. The van der Waals surface area contributed by atoms with Gasteiger partial charge in [-0.05, 0) is 12.5 Å². The quantitative estimate of drug-likeness (QED) is 0.635. The van der Waals surface area contributed by atoms with Crippen LogP contribution in [-0.4, -0.2) is 31.0 Å². The zero-order valence-corrected chi connectivity index (χ0v) is 10.7. The Morgan fingerprint density at radius 2 is 1.84 bits per heavy atom. The molecule has 0 aromatic heterocycles. The number of esters is 1. The zero-order chi connectivity index (χ0) is 14.3. The van der Waals surface area contributed by atoms with Crippen LogP contribution in [0.3, 0.4) is 0 Å². The maximum atomic E-state index is 11.5. The van der Waals surface area contributed by atoms with Gasteiger partial charge in [0.05, 0.1) is 7.11 Å². The first-order chi connectivity index (χ1) is 9.04. The van der Waals surface area contributed by atoms with Gasteiger partial charge in [-0.25, -0.2) is 9.59 Å². The SMILES string of the molecule is COC(=O)[C@@H](NC(=O)OCc1ccccc1)C(C)=O. The first-order valence-electron chi connectivity index (χ1n) is 5.60. The fraction of sp³-hybridized carbons (Fsp3) is 0.308. The van der Waals surface area contributed by atoms with Crippen LogP contribution in [0.4, 0.5) is 4.79 Å². The molecule has 1 aromatic rings. The van der Waals surface area contributed by atoms with Gasteiger partial charge < -0.3 is 14.8 Å². The summed E-state index contributed by atoms with van der Waals surface area (Å²) in [6.45, 7) is 1.23. The Labute approximate surface area is 110 Å². The number of alkyl carbamates (subject to hydrolysis) is 1. The number of carbonyl (C=O) groups excluding carboxylic acids is 3. The molecular formula is C13H15NO5. The van der Waals surface area contributed by atoms with Crippen molar-refractivity contribution in [1.82, 2.24) is 5.32 Å². The number of nitrogens with one attached hydrogen (secondary N) is 1. The summed E-state index contributed by atoms with van der Waals surface area (Å²) in [5, 5.41) is 2.15. The van der Waals surface area contributed by atoms with Gasteiger partial charge in [0.25, 0.3) is 0 Å². The minimum Gasteiger partial charge on any atom is -0.467 e. The van der Waals surface area contributed by atoms with E-state index in [2.05, 4.69) is 10.1 Å². The molecule has 0 fully saturated rings. The average Bonchev–Trinajstić information content (AvgIpc) is 2.42. The molecule has 1 aromatic carbocycles. The molecular weight excluding hydrogens is 250 g/mol. The summed E-state index contributed by atoms with van der Waals surface area (Å²) >= 11 is 0. The van der Waals surface area contributed by atoms with Crippen molar-refractivity contribution in [3.63, 3.8) is 0 Å². The Balaban J connectivity index is 2.49. The Kier molecular flexibility index (Phi) is 5.53. The van der Waals surface area contributed by atoms with Gasteiger partial charge in [-0.1, -0.05) is 30.3 Å². The Bertz CT molecular complexity index is 457. The van der Waals surface area contributed by atoms with Gasteiger partial charge in [-0.2, -0.15) is 0 Å². The summed E-state index contributed by atoms with van der Waals surface area (Å²) in [6.07, 6.45) is -0.852. The summed E-state index contributed by atoms with van der Waals surface area (Å²) < 4.78 is 9.30. The van der Waals surface area contributed by atoms with Crippen LogP contribution in [0.1, 0.15) is 12.5 Å². The molecule has 19 heavy (non-hydrogen) atoms.